The van der Waals surface area contributed by atoms with Crippen LogP contribution in [0.4, 0.5) is 0 Å². The summed E-state index contributed by atoms with van der Waals surface area (Å²) in [6.45, 7) is 6.57. The Morgan fingerprint density at radius 1 is 0.296 bits per heavy atom. The molecule has 0 spiro atoms. The number of carbonyl (C=O) groups is 3. The molecule has 6 nitrogen and oxygen atoms in total. The van der Waals surface area contributed by atoms with Crippen molar-refractivity contribution in [2.75, 3.05) is 13.2 Å². The fourth-order valence-electron chi connectivity index (χ4n) is 9.51. The maximum absolute atomic E-state index is 12.9. The Hall–Kier alpha value is -2.37. The zero-order valence-electron chi connectivity index (χ0n) is 47.8. The van der Waals surface area contributed by atoms with E-state index in [1.807, 2.05) is 0 Å². The van der Waals surface area contributed by atoms with Gasteiger partial charge in [0.05, 0.1) is 0 Å². The van der Waals surface area contributed by atoms with Crippen LogP contribution in [-0.2, 0) is 28.6 Å². The van der Waals surface area contributed by atoms with Gasteiger partial charge in [0.15, 0.2) is 6.10 Å². The molecule has 0 fully saturated rings. The zero-order valence-corrected chi connectivity index (χ0v) is 47.8. The van der Waals surface area contributed by atoms with E-state index in [0.29, 0.717) is 19.3 Å². The van der Waals surface area contributed by atoms with Crippen LogP contribution in [0.3, 0.4) is 0 Å². The predicted octanol–water partition coefficient (Wildman–Crippen LogP) is 21.2. The van der Waals surface area contributed by atoms with Crippen molar-refractivity contribution in [3.8, 4) is 0 Å². The van der Waals surface area contributed by atoms with Crippen molar-refractivity contribution in [2.24, 2.45) is 0 Å². The summed E-state index contributed by atoms with van der Waals surface area (Å²) in [6.07, 6.45) is 72.9. The number of rotatable bonds is 58. The summed E-state index contributed by atoms with van der Waals surface area (Å²) in [5.74, 6) is -0.857. The number of unbranched alkanes of at least 4 members (excludes halogenated alkanes) is 43. The van der Waals surface area contributed by atoms with Gasteiger partial charge in [-0.2, -0.15) is 0 Å². The summed E-state index contributed by atoms with van der Waals surface area (Å²) in [4.78, 5) is 38.3. The van der Waals surface area contributed by atoms with Crippen LogP contribution in [0.25, 0.3) is 0 Å². The Morgan fingerprint density at radius 2 is 0.549 bits per heavy atom. The molecule has 0 heterocycles. The average Bonchev–Trinajstić information content (AvgIpc) is 3.37. The normalized spacial score (nSPS) is 12.2. The van der Waals surface area contributed by atoms with Crippen LogP contribution in [0.2, 0.25) is 0 Å². The molecule has 0 aromatic heterocycles. The third-order valence-corrected chi connectivity index (χ3v) is 14.2. The van der Waals surface area contributed by atoms with Gasteiger partial charge in [0.2, 0.25) is 0 Å². The second kappa shape index (κ2) is 60.2. The smallest absolute Gasteiger partial charge is 0.306 e. The fourth-order valence-corrected chi connectivity index (χ4v) is 9.51. The SMILES string of the molecule is CC\C=C/C=C\C=C/CCCCCCCCCC(=O)OCC(COC(=O)CCCCCCCCCCCCCCCCCCCCC)OC(=O)CCCCCCCCCCCCCCCCCCCCC. The van der Waals surface area contributed by atoms with E-state index in [1.54, 1.807) is 0 Å². The molecule has 0 bridgehead atoms. The molecule has 0 radical (unpaired) electrons. The van der Waals surface area contributed by atoms with E-state index in [-0.39, 0.29) is 31.1 Å². The molecule has 0 rings (SSSR count). The van der Waals surface area contributed by atoms with Gasteiger partial charge in [-0.25, -0.2) is 0 Å². The lowest BCUT2D eigenvalue weighted by atomic mass is 10.0. The minimum Gasteiger partial charge on any atom is -0.462 e. The van der Waals surface area contributed by atoms with Crippen LogP contribution in [0.15, 0.2) is 36.5 Å². The molecule has 0 aromatic carbocycles. The highest BCUT2D eigenvalue weighted by Gasteiger charge is 2.19. The van der Waals surface area contributed by atoms with E-state index >= 15 is 0 Å². The maximum atomic E-state index is 12.9. The number of allylic oxidation sites excluding steroid dienone is 6. The van der Waals surface area contributed by atoms with Crippen molar-refractivity contribution in [2.45, 2.75) is 348 Å². The van der Waals surface area contributed by atoms with Crippen LogP contribution >= 0.6 is 0 Å². The van der Waals surface area contributed by atoms with Crippen LogP contribution in [-0.4, -0.2) is 37.2 Å². The van der Waals surface area contributed by atoms with Gasteiger partial charge in [-0.1, -0.05) is 320 Å². The molecule has 0 N–H and O–H groups in total. The van der Waals surface area contributed by atoms with E-state index in [1.165, 1.54) is 231 Å². The first-order valence-corrected chi connectivity index (χ1v) is 31.5. The van der Waals surface area contributed by atoms with Crippen molar-refractivity contribution in [1.82, 2.24) is 0 Å². The lowest BCUT2D eigenvalue weighted by molar-refractivity contribution is -0.167. The Labute approximate surface area is 442 Å². The van der Waals surface area contributed by atoms with Gasteiger partial charge in [0, 0.05) is 19.3 Å². The monoisotopic (exact) mass is 997 g/mol. The average molecular weight is 998 g/mol. The lowest BCUT2D eigenvalue weighted by Gasteiger charge is -2.18. The number of ether oxygens (including phenoxy) is 3. The number of hydrogen-bond donors (Lipinski definition) is 0. The molecule has 1 unspecified atom stereocenters. The van der Waals surface area contributed by atoms with E-state index in [4.69, 9.17) is 14.2 Å². The summed E-state index contributed by atoms with van der Waals surface area (Å²) in [5.41, 5.74) is 0. The number of esters is 3. The number of carbonyl (C=O) groups excluding carboxylic acids is 3. The second-order valence-electron chi connectivity index (χ2n) is 21.4. The summed E-state index contributed by atoms with van der Waals surface area (Å²) in [7, 11) is 0. The van der Waals surface area contributed by atoms with Crippen molar-refractivity contribution in [1.29, 1.82) is 0 Å². The van der Waals surface area contributed by atoms with Gasteiger partial charge in [-0.3, -0.25) is 14.4 Å². The van der Waals surface area contributed by atoms with Crippen molar-refractivity contribution < 1.29 is 28.6 Å². The molecule has 416 valence electrons. The summed E-state index contributed by atoms with van der Waals surface area (Å²) < 4.78 is 16.9. The van der Waals surface area contributed by atoms with Gasteiger partial charge < -0.3 is 14.2 Å². The van der Waals surface area contributed by atoms with Gasteiger partial charge in [0.1, 0.15) is 13.2 Å². The maximum Gasteiger partial charge on any atom is 0.306 e. The molecule has 0 saturated carbocycles. The Balaban J connectivity index is 4.31. The molecule has 0 aliphatic rings. The van der Waals surface area contributed by atoms with Gasteiger partial charge in [-0.15, -0.1) is 0 Å². The molecule has 6 heteroatoms. The van der Waals surface area contributed by atoms with Gasteiger partial charge in [0.25, 0.3) is 0 Å². The van der Waals surface area contributed by atoms with Crippen molar-refractivity contribution >= 4 is 17.9 Å². The highest BCUT2D eigenvalue weighted by Crippen LogP contribution is 2.18. The van der Waals surface area contributed by atoms with Crippen LogP contribution in [0.1, 0.15) is 342 Å². The fraction of sp³-hybridized carbons (Fsp3) is 0.862. The zero-order chi connectivity index (χ0) is 51.4. The molecule has 0 saturated heterocycles. The van der Waals surface area contributed by atoms with Crippen molar-refractivity contribution in [3.05, 3.63) is 36.5 Å². The molecule has 1 atom stereocenters. The molecule has 71 heavy (non-hydrogen) atoms. The minimum atomic E-state index is -0.774. The summed E-state index contributed by atoms with van der Waals surface area (Å²) >= 11 is 0. The predicted molar refractivity (Wildman–Crippen MR) is 307 cm³/mol. The summed E-state index contributed by atoms with van der Waals surface area (Å²) in [6, 6.07) is 0. The highest BCUT2D eigenvalue weighted by atomic mass is 16.6. The van der Waals surface area contributed by atoms with Crippen LogP contribution in [0.5, 0.6) is 0 Å². The Kier molecular flexibility index (Phi) is 58.2. The first-order chi connectivity index (χ1) is 35.0. The van der Waals surface area contributed by atoms with E-state index < -0.39 is 6.10 Å². The highest BCUT2D eigenvalue weighted by molar-refractivity contribution is 5.71. The van der Waals surface area contributed by atoms with E-state index in [2.05, 4.69) is 57.2 Å². The standard InChI is InChI=1S/C65H120O6/c1-4-7-10-13-16-19-22-25-28-30-32-34-37-40-43-46-49-52-55-58-64(67)70-61-62(60-69-63(66)57-54-51-48-45-42-39-36-27-24-21-18-15-12-9-6-3)71-65(68)59-56-53-50-47-44-41-38-35-33-31-29-26-23-20-17-14-11-8-5-2/h9,12,15,18,21,24,62H,4-8,10-11,13-14,16-17,19-20,22-23,25-61H2,1-3H3/b12-9-,18-15-,24-21-. The van der Waals surface area contributed by atoms with E-state index in [0.717, 1.165) is 70.6 Å². The molecular weight excluding hydrogens is 877 g/mol. The number of hydrogen-bond acceptors (Lipinski definition) is 6. The molecule has 0 aliphatic carbocycles. The topological polar surface area (TPSA) is 78.9 Å². The van der Waals surface area contributed by atoms with Crippen LogP contribution < -0.4 is 0 Å². The van der Waals surface area contributed by atoms with Gasteiger partial charge in [-0.05, 0) is 38.5 Å². The molecular formula is C65H120O6. The minimum absolute atomic E-state index is 0.0705. The Bertz CT molecular complexity index is 1190. The third kappa shape index (κ3) is 58.4. The van der Waals surface area contributed by atoms with Gasteiger partial charge >= 0.3 is 17.9 Å². The second-order valence-corrected chi connectivity index (χ2v) is 21.4. The Morgan fingerprint density at radius 3 is 0.845 bits per heavy atom. The molecule has 0 aliphatic heterocycles. The first kappa shape index (κ1) is 68.6. The third-order valence-electron chi connectivity index (χ3n) is 14.2. The lowest BCUT2D eigenvalue weighted by Crippen LogP contribution is -2.30. The largest absolute Gasteiger partial charge is 0.462 e. The van der Waals surface area contributed by atoms with Crippen molar-refractivity contribution in [3.63, 3.8) is 0 Å². The quantitative estimate of drug-likeness (QED) is 0.0261. The summed E-state index contributed by atoms with van der Waals surface area (Å²) in [5, 5.41) is 0. The van der Waals surface area contributed by atoms with E-state index in [9.17, 15) is 14.4 Å². The molecule has 0 aromatic rings. The molecule has 0 amide bonds. The first-order valence-electron chi connectivity index (χ1n) is 31.5. The van der Waals surface area contributed by atoms with Crippen LogP contribution in [0, 0.1) is 0 Å².